The SMILES string of the molecule is Cc1csc2nc(SCC(=O)NCCCC(=O)O)c(C=O)n12. The zero-order chi connectivity index (χ0) is 16.1. The number of carboxylic acid groups (broad SMARTS) is 1. The molecule has 0 spiro atoms. The monoisotopic (exact) mass is 341 g/mol. The number of aromatic nitrogens is 2. The van der Waals surface area contributed by atoms with E-state index in [9.17, 15) is 14.4 Å². The van der Waals surface area contributed by atoms with Gasteiger partial charge in [-0.2, -0.15) is 0 Å². The summed E-state index contributed by atoms with van der Waals surface area (Å²) in [5.74, 6) is -0.953. The molecule has 0 aromatic carbocycles. The number of carbonyl (C=O) groups excluding carboxylic acids is 2. The van der Waals surface area contributed by atoms with Crippen LogP contribution < -0.4 is 5.32 Å². The van der Waals surface area contributed by atoms with Crippen LogP contribution in [0, 0.1) is 6.92 Å². The Balaban J connectivity index is 1.90. The first-order valence-corrected chi connectivity index (χ1v) is 8.42. The molecule has 0 radical (unpaired) electrons. The van der Waals surface area contributed by atoms with E-state index in [1.165, 1.54) is 23.1 Å². The molecule has 2 heterocycles. The number of carboxylic acids is 1. The number of thioether (sulfide) groups is 1. The summed E-state index contributed by atoms with van der Waals surface area (Å²) < 4.78 is 1.77. The number of amides is 1. The number of hydrogen-bond acceptors (Lipinski definition) is 6. The van der Waals surface area contributed by atoms with E-state index >= 15 is 0 Å². The van der Waals surface area contributed by atoms with Gasteiger partial charge in [-0.1, -0.05) is 11.8 Å². The van der Waals surface area contributed by atoms with Crippen molar-refractivity contribution in [2.24, 2.45) is 0 Å². The van der Waals surface area contributed by atoms with Crippen molar-refractivity contribution in [3.63, 3.8) is 0 Å². The van der Waals surface area contributed by atoms with Gasteiger partial charge < -0.3 is 10.4 Å². The van der Waals surface area contributed by atoms with E-state index in [4.69, 9.17) is 5.11 Å². The van der Waals surface area contributed by atoms with Crippen LogP contribution >= 0.6 is 23.1 Å². The van der Waals surface area contributed by atoms with Crippen LogP contribution in [0.3, 0.4) is 0 Å². The van der Waals surface area contributed by atoms with E-state index < -0.39 is 5.97 Å². The fourth-order valence-electron chi connectivity index (χ4n) is 1.87. The Labute approximate surface area is 134 Å². The normalized spacial score (nSPS) is 10.8. The number of carbonyl (C=O) groups is 3. The molecular weight excluding hydrogens is 326 g/mol. The van der Waals surface area contributed by atoms with Gasteiger partial charge in [0, 0.05) is 24.0 Å². The van der Waals surface area contributed by atoms with Crippen LogP contribution in [0.4, 0.5) is 0 Å². The van der Waals surface area contributed by atoms with Crippen molar-refractivity contribution in [3.05, 3.63) is 16.8 Å². The third-order valence-electron chi connectivity index (χ3n) is 2.88. The fourth-order valence-corrected chi connectivity index (χ4v) is 3.60. The highest BCUT2D eigenvalue weighted by Gasteiger charge is 2.16. The van der Waals surface area contributed by atoms with E-state index in [-0.39, 0.29) is 18.1 Å². The molecule has 22 heavy (non-hydrogen) atoms. The first kappa shape index (κ1) is 16.5. The molecule has 2 rings (SSSR count). The summed E-state index contributed by atoms with van der Waals surface area (Å²) in [5, 5.41) is 13.6. The maximum absolute atomic E-state index is 11.7. The molecule has 0 aliphatic rings. The number of aldehydes is 1. The minimum atomic E-state index is -0.882. The van der Waals surface area contributed by atoms with Crippen LogP contribution in [-0.2, 0) is 9.59 Å². The molecule has 1 amide bonds. The van der Waals surface area contributed by atoms with Gasteiger partial charge in [-0.15, -0.1) is 11.3 Å². The van der Waals surface area contributed by atoms with Crippen LogP contribution in [0.15, 0.2) is 10.4 Å². The average molecular weight is 341 g/mol. The number of rotatable bonds is 8. The number of nitrogens with one attached hydrogen (secondary N) is 1. The lowest BCUT2D eigenvalue weighted by Gasteiger charge is -2.03. The molecule has 0 atom stereocenters. The smallest absolute Gasteiger partial charge is 0.303 e. The van der Waals surface area contributed by atoms with Crippen LogP contribution in [0.2, 0.25) is 0 Å². The van der Waals surface area contributed by atoms with Crippen molar-refractivity contribution >= 4 is 46.2 Å². The Morgan fingerprint density at radius 1 is 1.55 bits per heavy atom. The Morgan fingerprint density at radius 2 is 2.32 bits per heavy atom. The number of thiazole rings is 1. The highest BCUT2D eigenvalue weighted by Crippen LogP contribution is 2.26. The predicted octanol–water partition coefficient (Wildman–Crippen LogP) is 1.59. The Bertz CT molecular complexity index is 708. The van der Waals surface area contributed by atoms with Gasteiger partial charge in [0.15, 0.2) is 11.2 Å². The van der Waals surface area contributed by atoms with Gasteiger partial charge in [-0.25, -0.2) is 4.98 Å². The Kier molecular flexibility index (Phi) is 5.56. The molecule has 2 aromatic heterocycles. The van der Waals surface area contributed by atoms with Gasteiger partial charge in [0.1, 0.15) is 10.7 Å². The number of aryl methyl sites for hydroxylation is 1. The first-order chi connectivity index (χ1) is 10.5. The van der Waals surface area contributed by atoms with Gasteiger partial charge in [-0.3, -0.25) is 18.8 Å². The molecule has 118 valence electrons. The van der Waals surface area contributed by atoms with E-state index in [0.717, 1.165) is 16.9 Å². The molecule has 7 nitrogen and oxygen atoms in total. The van der Waals surface area contributed by atoms with Crippen molar-refractivity contribution in [3.8, 4) is 0 Å². The number of hydrogen-bond donors (Lipinski definition) is 2. The van der Waals surface area contributed by atoms with Crippen molar-refractivity contribution in [2.75, 3.05) is 12.3 Å². The molecule has 2 N–H and O–H groups in total. The third kappa shape index (κ3) is 3.86. The first-order valence-electron chi connectivity index (χ1n) is 6.56. The largest absolute Gasteiger partial charge is 0.481 e. The lowest BCUT2D eigenvalue weighted by atomic mass is 10.3. The Morgan fingerprint density at radius 3 is 3.00 bits per heavy atom. The number of fused-ring (bicyclic) bond motifs is 1. The van der Waals surface area contributed by atoms with Crippen LogP contribution in [0.5, 0.6) is 0 Å². The van der Waals surface area contributed by atoms with E-state index in [2.05, 4.69) is 10.3 Å². The predicted molar refractivity (Wildman–Crippen MR) is 83.8 cm³/mol. The van der Waals surface area contributed by atoms with Crippen molar-refractivity contribution < 1.29 is 19.5 Å². The summed E-state index contributed by atoms with van der Waals surface area (Å²) in [7, 11) is 0. The number of nitrogens with zero attached hydrogens (tertiary/aromatic N) is 2. The second-order valence-electron chi connectivity index (χ2n) is 4.55. The van der Waals surface area contributed by atoms with E-state index in [1.54, 1.807) is 4.40 Å². The molecule has 0 fully saturated rings. The minimum absolute atomic E-state index is 0.0271. The maximum Gasteiger partial charge on any atom is 0.303 e. The standard InChI is InChI=1S/C13H15N3O4S2/c1-8-6-22-13-15-12(9(5-17)16(8)13)21-7-10(18)14-4-2-3-11(19)20/h5-6H,2-4,7H2,1H3,(H,14,18)(H,19,20). The second kappa shape index (κ2) is 7.41. The zero-order valence-electron chi connectivity index (χ0n) is 11.9. The van der Waals surface area contributed by atoms with Gasteiger partial charge in [0.25, 0.3) is 0 Å². The second-order valence-corrected chi connectivity index (χ2v) is 6.35. The molecule has 9 heteroatoms. The zero-order valence-corrected chi connectivity index (χ0v) is 13.5. The van der Waals surface area contributed by atoms with Crippen molar-refractivity contribution in [1.29, 1.82) is 0 Å². The van der Waals surface area contributed by atoms with Crippen LogP contribution in [0.1, 0.15) is 29.0 Å². The van der Waals surface area contributed by atoms with Gasteiger partial charge in [-0.05, 0) is 13.3 Å². The summed E-state index contributed by atoms with van der Waals surface area (Å²) in [6.45, 7) is 2.21. The molecular formula is C13H15N3O4S2. The Hall–Kier alpha value is -1.87. The van der Waals surface area contributed by atoms with Crippen LogP contribution in [-0.4, -0.2) is 45.0 Å². The minimum Gasteiger partial charge on any atom is -0.481 e. The van der Waals surface area contributed by atoms with E-state index in [1.807, 2.05) is 12.3 Å². The molecule has 0 saturated heterocycles. The number of imidazole rings is 1. The summed E-state index contributed by atoms with van der Waals surface area (Å²) >= 11 is 2.64. The van der Waals surface area contributed by atoms with Crippen molar-refractivity contribution in [2.45, 2.75) is 24.8 Å². The number of aliphatic carboxylic acids is 1. The topological polar surface area (TPSA) is 101 Å². The quantitative estimate of drug-likeness (QED) is 0.430. The average Bonchev–Trinajstić information content (AvgIpc) is 3.01. The summed E-state index contributed by atoms with van der Waals surface area (Å²) in [6, 6.07) is 0. The molecule has 0 bridgehead atoms. The molecule has 0 saturated carbocycles. The van der Waals surface area contributed by atoms with E-state index in [0.29, 0.717) is 23.7 Å². The lowest BCUT2D eigenvalue weighted by Crippen LogP contribution is -2.26. The van der Waals surface area contributed by atoms with Crippen LogP contribution in [0.25, 0.3) is 4.96 Å². The summed E-state index contributed by atoms with van der Waals surface area (Å²) in [4.78, 5) is 38.4. The van der Waals surface area contributed by atoms with Gasteiger partial charge in [0.05, 0.1) is 5.75 Å². The third-order valence-corrected chi connectivity index (χ3v) is 4.80. The molecule has 2 aromatic rings. The van der Waals surface area contributed by atoms with Crippen molar-refractivity contribution in [1.82, 2.24) is 14.7 Å². The molecule has 0 aliphatic heterocycles. The highest BCUT2D eigenvalue weighted by atomic mass is 32.2. The fraction of sp³-hybridized carbons (Fsp3) is 0.385. The molecule has 0 unspecified atom stereocenters. The summed E-state index contributed by atoms with van der Waals surface area (Å²) in [6.07, 6.45) is 1.16. The van der Waals surface area contributed by atoms with Gasteiger partial charge in [0.2, 0.25) is 5.91 Å². The maximum atomic E-state index is 11.7. The van der Waals surface area contributed by atoms with Gasteiger partial charge >= 0.3 is 5.97 Å². The highest BCUT2D eigenvalue weighted by molar-refractivity contribution is 8.00. The molecule has 0 aliphatic carbocycles. The summed E-state index contributed by atoms with van der Waals surface area (Å²) in [5.41, 5.74) is 1.39. The lowest BCUT2D eigenvalue weighted by molar-refractivity contribution is -0.137.